The molecule has 1 saturated carbocycles. The van der Waals surface area contributed by atoms with E-state index in [0.29, 0.717) is 28.8 Å². The number of nitroso groups, excluding NO2 is 1. The summed E-state index contributed by atoms with van der Waals surface area (Å²) < 4.78 is 6.48. The van der Waals surface area contributed by atoms with E-state index in [1.807, 2.05) is 19.9 Å². The van der Waals surface area contributed by atoms with Gasteiger partial charge in [0.2, 0.25) is 0 Å². The number of aromatic nitrogens is 1. The topological polar surface area (TPSA) is 84.2 Å². The van der Waals surface area contributed by atoms with E-state index in [-0.39, 0.29) is 17.6 Å². The van der Waals surface area contributed by atoms with Gasteiger partial charge in [0.1, 0.15) is 0 Å². The van der Waals surface area contributed by atoms with Crippen molar-refractivity contribution in [2.75, 3.05) is 0 Å². The number of epoxide rings is 1. The van der Waals surface area contributed by atoms with Crippen molar-refractivity contribution in [2.45, 2.75) is 43.9 Å². The highest BCUT2D eigenvalue weighted by atomic mass is 16.6. The van der Waals surface area contributed by atoms with Crippen LogP contribution in [0.5, 0.6) is 0 Å². The Bertz CT molecular complexity index is 753. The standard InChI is InChI=1S/C15H16N2O4/c1-3-9-8-6-11-10(4-5-12(18)17(11)20)15(9,16-19)7-14(2)13(8)21-14/h3-5,8,13,20H,6-7H2,1-2H3/b9-3+. The lowest BCUT2D eigenvalue weighted by atomic mass is 9.60. The Hall–Kier alpha value is -1.95. The first-order chi connectivity index (χ1) is 9.97. The van der Waals surface area contributed by atoms with Crippen LogP contribution in [0.4, 0.5) is 0 Å². The molecule has 0 aromatic carbocycles. The zero-order chi connectivity index (χ0) is 15.0. The van der Waals surface area contributed by atoms with E-state index >= 15 is 0 Å². The van der Waals surface area contributed by atoms with Crippen molar-refractivity contribution in [3.05, 3.63) is 50.3 Å². The van der Waals surface area contributed by atoms with Gasteiger partial charge in [-0.1, -0.05) is 11.3 Å². The molecule has 0 spiro atoms. The van der Waals surface area contributed by atoms with Gasteiger partial charge in [0.05, 0.1) is 17.4 Å². The largest absolute Gasteiger partial charge is 0.425 e. The van der Waals surface area contributed by atoms with Crippen molar-refractivity contribution in [1.29, 1.82) is 0 Å². The molecule has 2 fully saturated rings. The molecule has 4 atom stereocenters. The highest BCUT2D eigenvalue weighted by Crippen LogP contribution is 2.63. The monoisotopic (exact) mass is 288 g/mol. The lowest BCUT2D eigenvalue weighted by Crippen LogP contribution is -2.48. The first-order valence-corrected chi connectivity index (χ1v) is 7.10. The molecule has 2 heterocycles. The van der Waals surface area contributed by atoms with Gasteiger partial charge in [0.25, 0.3) is 5.56 Å². The van der Waals surface area contributed by atoms with Crippen molar-refractivity contribution in [3.63, 3.8) is 0 Å². The summed E-state index contributed by atoms with van der Waals surface area (Å²) in [7, 11) is 0. The molecule has 6 nitrogen and oxygen atoms in total. The molecule has 1 aromatic rings. The van der Waals surface area contributed by atoms with Crippen LogP contribution in [0.3, 0.4) is 0 Å². The highest BCUT2D eigenvalue weighted by molar-refractivity contribution is 5.49. The van der Waals surface area contributed by atoms with Crippen LogP contribution < -0.4 is 5.56 Å². The van der Waals surface area contributed by atoms with Crippen molar-refractivity contribution in [3.8, 4) is 0 Å². The van der Waals surface area contributed by atoms with E-state index in [2.05, 4.69) is 5.18 Å². The number of hydrogen-bond acceptors (Lipinski definition) is 5. The van der Waals surface area contributed by atoms with Gasteiger partial charge in [-0.05, 0) is 25.5 Å². The van der Waals surface area contributed by atoms with E-state index in [4.69, 9.17) is 4.74 Å². The van der Waals surface area contributed by atoms with E-state index in [1.54, 1.807) is 6.07 Å². The quantitative estimate of drug-likeness (QED) is 0.369. The van der Waals surface area contributed by atoms with Crippen molar-refractivity contribution >= 4 is 0 Å². The molecule has 6 heteroatoms. The molecule has 110 valence electrons. The Morgan fingerprint density at radius 1 is 1.52 bits per heavy atom. The van der Waals surface area contributed by atoms with Crippen LogP contribution in [0.2, 0.25) is 0 Å². The second-order valence-corrected chi connectivity index (χ2v) is 6.38. The van der Waals surface area contributed by atoms with Gasteiger partial charge in [-0.25, -0.2) is 0 Å². The summed E-state index contributed by atoms with van der Waals surface area (Å²) in [6.07, 6.45) is 2.90. The van der Waals surface area contributed by atoms with E-state index in [1.165, 1.54) is 6.07 Å². The second kappa shape index (κ2) is 3.62. The smallest absolute Gasteiger partial charge is 0.283 e. The minimum atomic E-state index is -1.03. The Morgan fingerprint density at radius 3 is 2.95 bits per heavy atom. The SMILES string of the molecule is C/C=C1\C2Cc3c(ccc(=O)n3O)C1(N=O)CC1(C)OC21. The fraction of sp³-hybridized carbons (Fsp3) is 0.533. The first-order valence-electron chi connectivity index (χ1n) is 7.10. The molecule has 3 aliphatic rings. The van der Waals surface area contributed by atoms with Crippen LogP contribution in [-0.4, -0.2) is 21.6 Å². The molecule has 2 bridgehead atoms. The number of fused-ring (bicyclic) bond motifs is 6. The maximum atomic E-state index is 11.8. The molecule has 4 unspecified atom stereocenters. The Balaban J connectivity index is 2.05. The summed E-state index contributed by atoms with van der Waals surface area (Å²) >= 11 is 0. The lowest BCUT2D eigenvalue weighted by Gasteiger charge is -2.44. The van der Waals surface area contributed by atoms with Crippen LogP contribution in [0.15, 0.2) is 33.8 Å². The molecule has 0 radical (unpaired) electrons. The molecule has 1 N–H and O–H groups in total. The van der Waals surface area contributed by atoms with Gasteiger partial charge in [0.15, 0.2) is 5.54 Å². The van der Waals surface area contributed by atoms with E-state index < -0.39 is 11.1 Å². The normalized spacial score (nSPS) is 41.3. The number of hydrogen-bond donors (Lipinski definition) is 1. The fourth-order valence-electron chi connectivity index (χ4n) is 4.39. The van der Waals surface area contributed by atoms with Crippen molar-refractivity contribution < 1.29 is 9.94 Å². The Labute approximate surface area is 121 Å². The molecule has 2 aliphatic carbocycles. The Kier molecular flexibility index (Phi) is 2.20. The zero-order valence-corrected chi connectivity index (χ0v) is 11.9. The number of ether oxygens (including phenoxy) is 1. The second-order valence-electron chi connectivity index (χ2n) is 6.38. The van der Waals surface area contributed by atoms with Crippen LogP contribution in [0, 0.1) is 10.8 Å². The molecular formula is C15H16N2O4. The number of nitrogens with zero attached hydrogens (tertiary/aromatic N) is 2. The summed E-state index contributed by atoms with van der Waals surface area (Å²) in [5.41, 5.74) is 0.195. The molecule has 1 saturated heterocycles. The highest BCUT2D eigenvalue weighted by Gasteiger charge is 2.69. The summed E-state index contributed by atoms with van der Waals surface area (Å²) in [4.78, 5) is 23.5. The predicted octanol–water partition coefficient (Wildman–Crippen LogP) is 1.73. The maximum absolute atomic E-state index is 11.8. The third-order valence-electron chi connectivity index (χ3n) is 5.28. The molecule has 21 heavy (non-hydrogen) atoms. The summed E-state index contributed by atoms with van der Waals surface area (Å²) in [6, 6.07) is 2.90. The molecule has 0 amide bonds. The number of pyridine rings is 1. The van der Waals surface area contributed by atoms with Crippen LogP contribution in [0.25, 0.3) is 0 Å². The van der Waals surface area contributed by atoms with Crippen LogP contribution in [0.1, 0.15) is 31.5 Å². The lowest BCUT2D eigenvalue weighted by molar-refractivity contribution is 0.151. The van der Waals surface area contributed by atoms with Gasteiger partial charge >= 0.3 is 0 Å². The zero-order valence-electron chi connectivity index (χ0n) is 11.9. The van der Waals surface area contributed by atoms with E-state index in [9.17, 15) is 14.9 Å². The van der Waals surface area contributed by atoms with E-state index in [0.717, 1.165) is 5.57 Å². The van der Waals surface area contributed by atoms with Gasteiger partial charge in [-0.15, -0.1) is 4.91 Å². The summed E-state index contributed by atoms with van der Waals surface area (Å²) in [6.45, 7) is 3.89. The van der Waals surface area contributed by atoms with Crippen LogP contribution >= 0.6 is 0 Å². The molecule has 1 aromatic heterocycles. The maximum Gasteiger partial charge on any atom is 0.283 e. The predicted molar refractivity (Wildman–Crippen MR) is 74.2 cm³/mol. The third-order valence-corrected chi connectivity index (χ3v) is 5.28. The van der Waals surface area contributed by atoms with Gasteiger partial charge < -0.3 is 9.94 Å². The molecule has 4 rings (SSSR count). The first kappa shape index (κ1) is 12.8. The fourth-order valence-corrected chi connectivity index (χ4v) is 4.39. The average molecular weight is 288 g/mol. The third kappa shape index (κ3) is 1.33. The molecule has 1 aliphatic heterocycles. The van der Waals surface area contributed by atoms with Crippen molar-refractivity contribution in [2.24, 2.45) is 11.1 Å². The van der Waals surface area contributed by atoms with Gasteiger partial charge in [0, 0.05) is 30.4 Å². The van der Waals surface area contributed by atoms with Crippen LogP contribution in [-0.2, 0) is 16.7 Å². The summed E-state index contributed by atoms with van der Waals surface area (Å²) in [5, 5.41) is 13.5. The average Bonchev–Trinajstić information content (AvgIpc) is 3.13. The minimum absolute atomic E-state index is 0.0147. The number of rotatable bonds is 1. The number of allylic oxidation sites excluding steroid dienone is 1. The summed E-state index contributed by atoms with van der Waals surface area (Å²) in [5.74, 6) is -0.0147. The molecular weight excluding hydrogens is 272 g/mol. The minimum Gasteiger partial charge on any atom is -0.425 e. The van der Waals surface area contributed by atoms with Gasteiger partial charge in [-0.3, -0.25) is 4.79 Å². The van der Waals surface area contributed by atoms with Crippen molar-refractivity contribution in [1.82, 2.24) is 4.73 Å². The Morgan fingerprint density at radius 2 is 2.29 bits per heavy atom. The van der Waals surface area contributed by atoms with Gasteiger partial charge in [-0.2, -0.15) is 4.73 Å².